The summed E-state index contributed by atoms with van der Waals surface area (Å²) in [6, 6.07) is 3.38. The molecular formula is C47H64ClN7O9S. The van der Waals surface area contributed by atoms with Crippen LogP contribution in [0.15, 0.2) is 23.6 Å². The van der Waals surface area contributed by atoms with Crippen LogP contribution in [-0.4, -0.2) is 130 Å². The van der Waals surface area contributed by atoms with Crippen LogP contribution in [0.4, 0.5) is 9.93 Å². The summed E-state index contributed by atoms with van der Waals surface area (Å²) in [5, 5.41) is 22.8. The zero-order chi connectivity index (χ0) is 46.6. The first-order valence-corrected chi connectivity index (χ1v) is 24.3. The fraction of sp³-hybridized carbons (Fsp3) is 0.660. The summed E-state index contributed by atoms with van der Waals surface area (Å²) >= 11 is 8.61. The van der Waals surface area contributed by atoms with Crippen molar-refractivity contribution < 1.29 is 43.2 Å². The Balaban J connectivity index is 1.09. The molecule has 8 atom stereocenters. The summed E-state index contributed by atoms with van der Waals surface area (Å²) in [6.07, 6.45) is 2.09. The Labute approximate surface area is 389 Å². The number of morpholine rings is 1. The maximum absolute atomic E-state index is 14.8. The van der Waals surface area contributed by atoms with E-state index in [1.54, 1.807) is 12.1 Å². The second kappa shape index (κ2) is 18.3. The molecule has 3 aliphatic carbocycles. The third-order valence-electron chi connectivity index (χ3n) is 13.8. The average molecular weight is 939 g/mol. The number of thiazole rings is 1. The number of nitrogens with one attached hydrogen (secondary N) is 3. The number of anilines is 1. The number of amides is 3. The Morgan fingerprint density at radius 1 is 1.05 bits per heavy atom. The highest BCUT2D eigenvalue weighted by atomic mass is 35.5. The molecule has 8 rings (SSSR count). The number of carbonyl (C=O) groups is 4. The number of carboxylic acid groups (broad SMARTS) is 1. The van der Waals surface area contributed by atoms with Gasteiger partial charge in [-0.15, -0.1) is 11.3 Å². The molecule has 3 saturated carbocycles. The van der Waals surface area contributed by atoms with Crippen LogP contribution in [0.5, 0.6) is 11.5 Å². The van der Waals surface area contributed by atoms with E-state index in [4.69, 9.17) is 40.5 Å². The van der Waals surface area contributed by atoms with Crippen molar-refractivity contribution in [2.45, 2.75) is 135 Å². The molecule has 65 heavy (non-hydrogen) atoms. The van der Waals surface area contributed by atoms with E-state index in [1.807, 2.05) is 53.0 Å². The van der Waals surface area contributed by atoms with Crippen LogP contribution in [0.25, 0.3) is 22.3 Å². The van der Waals surface area contributed by atoms with E-state index in [0.29, 0.717) is 89.9 Å². The van der Waals surface area contributed by atoms with Gasteiger partial charge in [0.1, 0.15) is 58.7 Å². The Bertz CT molecular complexity index is 2290. The maximum Gasteiger partial charge on any atom is 0.408 e. The third kappa shape index (κ3) is 10.1. The molecule has 4 N–H and O–H groups in total. The number of ether oxygens (including phenoxy) is 4. The Morgan fingerprint density at radius 2 is 1.80 bits per heavy atom. The number of hydrogen-bond acceptors (Lipinski definition) is 13. The van der Waals surface area contributed by atoms with E-state index >= 15 is 0 Å². The quantitative estimate of drug-likeness (QED) is 0.115. The molecule has 354 valence electrons. The molecule has 18 heteroatoms. The number of pyridine rings is 1. The van der Waals surface area contributed by atoms with Gasteiger partial charge < -0.3 is 44.9 Å². The number of hydrogen-bond donors (Lipinski definition) is 4. The molecule has 3 amide bonds. The summed E-state index contributed by atoms with van der Waals surface area (Å²) in [5.74, 6) is -0.397. The number of aromatic nitrogens is 2. The lowest BCUT2D eigenvalue weighted by Gasteiger charge is -2.41. The molecule has 1 aromatic carbocycles. The molecule has 2 saturated heterocycles. The van der Waals surface area contributed by atoms with Crippen LogP contribution in [-0.2, 0) is 23.9 Å². The van der Waals surface area contributed by atoms with Gasteiger partial charge in [-0.3, -0.25) is 14.5 Å². The molecule has 0 radical (unpaired) electrons. The zero-order valence-electron chi connectivity index (χ0n) is 38.7. The smallest absolute Gasteiger partial charge is 0.408 e. The van der Waals surface area contributed by atoms with E-state index in [2.05, 4.69) is 34.7 Å². The van der Waals surface area contributed by atoms with Crippen molar-refractivity contribution >= 4 is 62.8 Å². The summed E-state index contributed by atoms with van der Waals surface area (Å²) in [5.41, 5.74) is -0.832. The predicted octanol–water partition coefficient (Wildman–Crippen LogP) is 6.98. The van der Waals surface area contributed by atoms with Gasteiger partial charge >= 0.3 is 12.1 Å². The summed E-state index contributed by atoms with van der Waals surface area (Å²) in [4.78, 5) is 68.7. The van der Waals surface area contributed by atoms with Gasteiger partial charge in [-0.05, 0) is 88.7 Å². The molecule has 3 aromatic rings. The zero-order valence-corrected chi connectivity index (χ0v) is 40.3. The molecule has 4 heterocycles. The lowest BCUT2D eigenvalue weighted by Crippen LogP contribution is -2.59. The van der Waals surface area contributed by atoms with Gasteiger partial charge in [0, 0.05) is 47.9 Å². The van der Waals surface area contributed by atoms with E-state index in [9.17, 15) is 24.3 Å². The van der Waals surface area contributed by atoms with Crippen LogP contribution in [0.3, 0.4) is 0 Å². The minimum Gasteiger partial charge on any atom is -0.491 e. The van der Waals surface area contributed by atoms with Gasteiger partial charge in [0.05, 0.1) is 31.0 Å². The molecule has 0 spiro atoms. The van der Waals surface area contributed by atoms with Gasteiger partial charge in [-0.1, -0.05) is 45.7 Å². The molecule has 1 unspecified atom stereocenters. The lowest BCUT2D eigenvalue weighted by molar-refractivity contribution is -0.146. The van der Waals surface area contributed by atoms with Crippen molar-refractivity contribution in [1.29, 1.82) is 0 Å². The largest absolute Gasteiger partial charge is 0.491 e. The highest BCUT2D eigenvalue weighted by molar-refractivity contribution is 7.14. The summed E-state index contributed by atoms with van der Waals surface area (Å²) < 4.78 is 24.6. The number of likely N-dealkylation sites (tertiary alicyclic amines) is 1. The second-order valence-corrected chi connectivity index (χ2v) is 21.8. The first-order valence-electron chi connectivity index (χ1n) is 23.1. The average Bonchev–Trinajstić information content (AvgIpc) is 3.91. The number of nitrogens with zero attached hydrogens (tertiary/aromatic N) is 4. The van der Waals surface area contributed by atoms with Gasteiger partial charge in [0.15, 0.2) is 5.13 Å². The van der Waals surface area contributed by atoms with Crippen LogP contribution >= 0.6 is 22.9 Å². The van der Waals surface area contributed by atoms with Crippen molar-refractivity contribution in [2.75, 3.05) is 44.8 Å². The fourth-order valence-electron chi connectivity index (χ4n) is 9.85. The summed E-state index contributed by atoms with van der Waals surface area (Å²) in [6.45, 7) is 18.9. The van der Waals surface area contributed by atoms with Crippen molar-refractivity contribution in [2.24, 2.45) is 23.2 Å². The molecule has 0 bridgehead atoms. The second-order valence-electron chi connectivity index (χ2n) is 20.6. The number of fused-ring (bicyclic) bond motifs is 2. The Hall–Kier alpha value is -4.45. The minimum atomic E-state index is -1.42. The number of alkyl carbamates (subject to hydrolysis) is 1. The number of carboxylic acids is 1. The minimum absolute atomic E-state index is 0.0331. The molecule has 5 aliphatic rings. The van der Waals surface area contributed by atoms with E-state index in [-0.39, 0.29) is 36.6 Å². The van der Waals surface area contributed by atoms with Crippen LogP contribution in [0.2, 0.25) is 5.02 Å². The van der Waals surface area contributed by atoms with Gasteiger partial charge in [0.2, 0.25) is 11.8 Å². The van der Waals surface area contributed by atoms with E-state index in [0.717, 1.165) is 24.5 Å². The van der Waals surface area contributed by atoms with E-state index < -0.39 is 53.0 Å². The predicted molar refractivity (Wildman–Crippen MR) is 248 cm³/mol. The van der Waals surface area contributed by atoms with Gasteiger partial charge in [0.25, 0.3) is 0 Å². The molecule has 2 aromatic heterocycles. The van der Waals surface area contributed by atoms with E-state index in [1.165, 1.54) is 22.7 Å². The number of benzene rings is 1. The highest BCUT2D eigenvalue weighted by Crippen LogP contribution is 2.52. The van der Waals surface area contributed by atoms with Crippen molar-refractivity contribution in [3.05, 3.63) is 28.6 Å². The number of carbonyl (C=O) groups excluding carboxylic acids is 3. The first-order chi connectivity index (χ1) is 30.8. The lowest BCUT2D eigenvalue weighted by atomic mass is 9.85. The fourth-order valence-corrected chi connectivity index (χ4v) is 11.0. The monoisotopic (exact) mass is 937 g/mol. The standard InChI is InChI=1S/C47H64ClN7O9S/c1-9-28-21-47(28,42(58)59)53-40(56)34-19-30(22-55(34)41(57)39(45(4,5)6)52-44(60)64-29-17-26-16-27(26)18-29)63-36-20-32(33-23-65-43(51-33)49-25(2)3)50-38-31(36)10-11-35(37(38)48)62-15-13-54-12-14-61-24-46(54,7)8/h10-11,20,23,25-30,34,39H,9,12-19,21-22,24H2,1-8H3,(H,49,51)(H,52,60)(H,53,56)(H,58,59)/t26-,27+,28-,29+,30-,34+,39-,47?/m1/s1. The number of halogens is 1. The molecule has 2 aliphatic heterocycles. The van der Waals surface area contributed by atoms with Crippen molar-refractivity contribution in [3.63, 3.8) is 0 Å². The molecular weight excluding hydrogens is 874 g/mol. The Kier molecular flexibility index (Phi) is 13.3. The first kappa shape index (κ1) is 47.1. The van der Waals surface area contributed by atoms with Gasteiger partial charge in [-0.25, -0.2) is 19.6 Å². The van der Waals surface area contributed by atoms with Crippen LogP contribution < -0.4 is 25.4 Å². The van der Waals surface area contributed by atoms with Crippen LogP contribution in [0, 0.1) is 23.2 Å². The highest BCUT2D eigenvalue weighted by Gasteiger charge is 2.61. The SMILES string of the molecule is CC[C@@H]1CC1(NC(=O)[C@@H]1C[C@@H](Oc2cc(-c3csc(NC(C)C)n3)nc3c(Cl)c(OCCN4CCOCC4(C)C)ccc23)CN1C(=O)[C@@H](NC(=O)O[C@@H]1C[C@@H]2C[C@@H]2C1)C(C)(C)C)C(=O)O. The van der Waals surface area contributed by atoms with Crippen molar-refractivity contribution in [3.8, 4) is 22.9 Å². The summed E-state index contributed by atoms with van der Waals surface area (Å²) in [7, 11) is 0. The number of rotatable bonds is 16. The Morgan fingerprint density at radius 3 is 2.46 bits per heavy atom. The number of aliphatic carboxylic acids is 1. The van der Waals surface area contributed by atoms with Crippen LogP contribution in [0.1, 0.15) is 93.9 Å². The molecule has 16 nitrogen and oxygen atoms in total. The molecule has 5 fully saturated rings. The van der Waals surface area contributed by atoms with Crippen molar-refractivity contribution in [1.82, 2.24) is 30.4 Å². The maximum atomic E-state index is 14.8. The normalized spacial score (nSPS) is 27.5. The third-order valence-corrected chi connectivity index (χ3v) is 14.9. The topological polar surface area (TPSA) is 194 Å². The van der Waals surface area contributed by atoms with Gasteiger partial charge in [-0.2, -0.15) is 0 Å².